The molecule has 0 saturated carbocycles. The summed E-state index contributed by atoms with van der Waals surface area (Å²) in [5.74, 6) is 1.23. The van der Waals surface area contributed by atoms with E-state index in [1.807, 2.05) is 0 Å². The van der Waals surface area contributed by atoms with E-state index < -0.39 is 15.4 Å². The van der Waals surface area contributed by atoms with Crippen LogP contribution in [0.1, 0.15) is 57.3 Å². The van der Waals surface area contributed by atoms with Crippen LogP contribution in [-0.4, -0.2) is 12.2 Å². The van der Waals surface area contributed by atoms with Crippen molar-refractivity contribution in [2.24, 2.45) is 11.8 Å². The van der Waals surface area contributed by atoms with Gasteiger partial charge in [-0.1, -0.05) is 0 Å². The number of fused-ring (bicyclic) bond motifs is 2. The molecule has 2 atom stereocenters. The standard InChI is InChI=1S/2C12H13.2CH3.2ClH.GeH2.Hf/c2*1-9(2)12-7-10-5-3-4-6-11(10)8-12;;;;;;/h2*3-9H,1-2H3;2*1H3;2*1H;1H2;. The predicted molar refractivity (Wildman–Crippen MR) is 139 cm³/mol. The average molecular weight is 671 g/mol. The summed E-state index contributed by atoms with van der Waals surface area (Å²) in [6, 6.07) is 18.5. The van der Waals surface area contributed by atoms with Gasteiger partial charge < -0.3 is 0 Å². The Labute approximate surface area is 201 Å². The Morgan fingerprint density at radius 1 is 0.667 bits per heavy atom. The Hall–Kier alpha value is -0.0870. The molecular formula is C26H36Cl2GeHf. The Morgan fingerprint density at radius 2 is 1.00 bits per heavy atom. The first-order chi connectivity index (χ1) is 13.1. The van der Waals surface area contributed by atoms with E-state index in [0.29, 0.717) is 19.2 Å². The van der Waals surface area contributed by atoms with Crippen LogP contribution < -0.4 is 0 Å². The van der Waals surface area contributed by atoms with Gasteiger partial charge in [-0.25, -0.2) is 0 Å². The molecule has 0 amide bonds. The molecule has 2 aromatic carbocycles. The molecule has 0 N–H and O–H groups in total. The van der Waals surface area contributed by atoms with Crippen molar-refractivity contribution in [1.82, 2.24) is 0 Å². The van der Waals surface area contributed by atoms with E-state index in [0.717, 1.165) is 0 Å². The number of rotatable bonds is 4. The second kappa shape index (κ2) is 9.04. The monoisotopic (exact) mass is 672 g/mol. The molecule has 4 heteroatoms. The number of allylic oxidation sites excluding steroid dienone is 2. The van der Waals surface area contributed by atoms with Crippen LogP contribution in [0.2, 0.25) is 9.36 Å². The number of benzene rings is 2. The van der Waals surface area contributed by atoms with Crippen molar-refractivity contribution in [2.75, 3.05) is 0 Å². The van der Waals surface area contributed by atoms with Gasteiger partial charge in [-0.05, 0) is 0 Å². The van der Waals surface area contributed by atoms with E-state index in [1.165, 1.54) is 23.3 Å². The Kier molecular flexibility index (Phi) is 7.89. The van der Waals surface area contributed by atoms with Crippen LogP contribution in [0.3, 0.4) is 0 Å². The summed E-state index contributed by atoms with van der Waals surface area (Å²) in [6.07, 6.45) is 5.09. The maximum atomic E-state index is 2.79. The van der Waals surface area contributed by atoms with Gasteiger partial charge >= 0.3 is 178 Å². The number of halogens is 2. The van der Waals surface area contributed by atoms with Crippen LogP contribution in [0.15, 0.2) is 59.7 Å². The molecule has 2 aliphatic carbocycles. The van der Waals surface area contributed by atoms with E-state index in [1.54, 1.807) is 22.3 Å². The zero-order valence-corrected chi connectivity index (χ0v) is 27.3. The maximum absolute atomic E-state index is 3.38. The molecule has 0 aliphatic heterocycles. The van der Waals surface area contributed by atoms with Crippen LogP contribution in [-0.2, 0) is 15.4 Å². The third kappa shape index (κ3) is 4.14. The molecule has 0 radical (unpaired) electrons. The summed E-state index contributed by atoms with van der Waals surface area (Å²) in [6.45, 7) is 9.61. The third-order valence-corrected chi connectivity index (χ3v) is 39.4. The first kappa shape index (κ1) is 26.2. The van der Waals surface area contributed by atoms with E-state index in [9.17, 15) is 0 Å². The van der Waals surface area contributed by atoms with E-state index in [4.69, 9.17) is 0 Å². The molecular weight excluding hydrogens is 634 g/mol. The second-order valence-corrected chi connectivity index (χ2v) is 74.2. The summed E-state index contributed by atoms with van der Waals surface area (Å²) in [5.41, 5.74) is 9.64. The summed E-state index contributed by atoms with van der Waals surface area (Å²) >= 11 is -1.90. The summed E-state index contributed by atoms with van der Waals surface area (Å²) in [5, 5.41) is 0. The third-order valence-electron chi connectivity index (χ3n) is 7.15. The molecule has 2 unspecified atom stereocenters. The van der Waals surface area contributed by atoms with Crippen LogP contribution in [0.4, 0.5) is 0 Å². The molecule has 0 spiro atoms. The quantitative estimate of drug-likeness (QED) is 0.292. The minimum Gasteiger partial charge on any atom is -0.147 e. The van der Waals surface area contributed by atoms with E-state index in [2.05, 4.69) is 97.7 Å². The fraction of sp³-hybridized carbons (Fsp3) is 0.385. The smallest absolute Gasteiger partial charge is 0.147 e. The first-order valence-corrected chi connectivity index (χ1v) is 36.8. The maximum Gasteiger partial charge on any atom is -0.147 e. The van der Waals surface area contributed by atoms with Gasteiger partial charge in [0.2, 0.25) is 0 Å². The Balaban J connectivity index is 0.00000160. The average Bonchev–Trinajstić information content (AvgIpc) is 3.21. The largest absolute Gasteiger partial charge is 0.147 e. The van der Waals surface area contributed by atoms with E-state index in [-0.39, 0.29) is 24.8 Å². The van der Waals surface area contributed by atoms with Gasteiger partial charge in [-0.3, -0.25) is 0 Å². The minimum atomic E-state index is -3.38. The second-order valence-electron chi connectivity index (χ2n) is 10.7. The predicted octanol–water partition coefficient (Wildman–Crippen LogP) is 7.75. The van der Waals surface area contributed by atoms with Crippen LogP contribution >= 0.6 is 24.8 Å². The molecule has 0 saturated heterocycles. The molecule has 2 aromatic rings. The van der Waals surface area contributed by atoms with Crippen LogP contribution in [0.5, 0.6) is 0 Å². The van der Waals surface area contributed by atoms with Gasteiger partial charge in [0.1, 0.15) is 0 Å². The molecule has 0 aromatic heterocycles. The van der Waals surface area contributed by atoms with Crippen molar-refractivity contribution in [3.8, 4) is 0 Å². The molecule has 0 heterocycles. The van der Waals surface area contributed by atoms with Crippen molar-refractivity contribution in [1.29, 1.82) is 0 Å². The summed E-state index contributed by atoms with van der Waals surface area (Å²) in [4.78, 5) is 0. The van der Waals surface area contributed by atoms with Gasteiger partial charge in [0, 0.05) is 0 Å². The summed E-state index contributed by atoms with van der Waals surface area (Å²) < 4.78 is 6.96. The zero-order chi connectivity index (χ0) is 20.3. The van der Waals surface area contributed by atoms with Gasteiger partial charge in [-0.15, -0.1) is 24.8 Å². The molecule has 0 bridgehead atoms. The normalized spacial score (nSPS) is 20.2. The van der Waals surface area contributed by atoms with Gasteiger partial charge in [0.25, 0.3) is 0 Å². The molecule has 0 fully saturated rings. The molecule has 30 heavy (non-hydrogen) atoms. The SMILES string of the molecule is CC(C)C1=Cc2ccccc2[CH]1[Hf]([CH3])([CH3])(=[GeH2])[CH]1C(C(C)C)=Cc2ccccc21.Cl.Cl. The molecule has 162 valence electrons. The number of hydrogen-bond acceptors (Lipinski definition) is 0. The van der Waals surface area contributed by atoms with E-state index >= 15 is 0 Å². The Bertz CT molecular complexity index is 992. The van der Waals surface area contributed by atoms with Crippen molar-refractivity contribution < 1.29 is 15.4 Å². The van der Waals surface area contributed by atoms with Crippen LogP contribution in [0.25, 0.3) is 12.2 Å². The van der Waals surface area contributed by atoms with Crippen molar-refractivity contribution >= 4 is 49.2 Å². The first-order valence-electron chi connectivity index (χ1n) is 10.8. The van der Waals surface area contributed by atoms with Gasteiger partial charge in [0.05, 0.1) is 0 Å². The molecule has 4 rings (SSSR count). The molecule has 0 nitrogen and oxygen atoms in total. The topological polar surface area (TPSA) is 0 Å². The van der Waals surface area contributed by atoms with Crippen molar-refractivity contribution in [2.45, 2.75) is 44.4 Å². The minimum absolute atomic E-state index is 0. The number of hydrogen-bond donors (Lipinski definition) is 0. The van der Waals surface area contributed by atoms with Crippen molar-refractivity contribution in [3.05, 3.63) is 81.9 Å². The van der Waals surface area contributed by atoms with Crippen LogP contribution in [0, 0.1) is 11.8 Å². The fourth-order valence-electron chi connectivity index (χ4n) is 5.98. The van der Waals surface area contributed by atoms with Crippen molar-refractivity contribution in [3.63, 3.8) is 0 Å². The summed E-state index contributed by atoms with van der Waals surface area (Å²) in [7, 11) is 0. The molecule has 2 aliphatic rings. The van der Waals surface area contributed by atoms with Gasteiger partial charge in [0.15, 0.2) is 0 Å². The Morgan fingerprint density at radius 3 is 1.33 bits per heavy atom. The zero-order valence-electron chi connectivity index (χ0n) is 19.1. The fourth-order valence-corrected chi connectivity index (χ4v) is 42.9. The van der Waals surface area contributed by atoms with Gasteiger partial charge in [-0.2, -0.15) is 0 Å².